The first kappa shape index (κ1) is 24.4. The van der Waals surface area contributed by atoms with E-state index < -0.39 is 26.0 Å². The quantitative estimate of drug-likeness (QED) is 0.473. The lowest BCUT2D eigenvalue weighted by atomic mass is 10.2. The van der Waals surface area contributed by atoms with Crippen molar-refractivity contribution in [1.29, 1.82) is 0 Å². The van der Waals surface area contributed by atoms with Gasteiger partial charge in [-0.2, -0.15) is 4.31 Å². The summed E-state index contributed by atoms with van der Waals surface area (Å²) in [5.74, 6) is -0.156. The summed E-state index contributed by atoms with van der Waals surface area (Å²) in [5, 5.41) is 7.60. The molecule has 174 valence electrons. The smallest absolute Gasteiger partial charge is 0.262 e. The number of primary sulfonamides is 1. The summed E-state index contributed by atoms with van der Waals surface area (Å²) in [6, 6.07) is 20.4. The van der Waals surface area contributed by atoms with Crippen molar-refractivity contribution >= 4 is 31.6 Å². The van der Waals surface area contributed by atoms with Crippen LogP contribution in [0.15, 0.2) is 88.7 Å². The average Bonchev–Trinajstić information content (AvgIpc) is 2.78. The van der Waals surface area contributed by atoms with Gasteiger partial charge in [0.25, 0.3) is 5.91 Å². The highest BCUT2D eigenvalue weighted by atomic mass is 32.2. The van der Waals surface area contributed by atoms with E-state index in [1.54, 1.807) is 0 Å². The summed E-state index contributed by atoms with van der Waals surface area (Å²) in [6.45, 7) is -0.0866. The van der Waals surface area contributed by atoms with Crippen LogP contribution < -0.4 is 15.2 Å². The molecule has 33 heavy (non-hydrogen) atoms. The van der Waals surface area contributed by atoms with Crippen molar-refractivity contribution in [2.45, 2.75) is 16.3 Å². The molecular formula is C22H23N3O6S2. The number of hydrogen-bond donors (Lipinski definition) is 2. The molecule has 0 bridgehead atoms. The number of hydrogen-bond acceptors (Lipinski definition) is 6. The van der Waals surface area contributed by atoms with Crippen LogP contribution in [0.1, 0.15) is 5.56 Å². The van der Waals surface area contributed by atoms with Crippen molar-refractivity contribution in [2.24, 2.45) is 5.14 Å². The van der Waals surface area contributed by atoms with Crippen LogP contribution in [0.5, 0.6) is 5.75 Å². The van der Waals surface area contributed by atoms with Crippen molar-refractivity contribution in [2.75, 3.05) is 19.0 Å². The molecule has 3 aromatic carbocycles. The molecule has 9 nitrogen and oxygen atoms in total. The molecule has 11 heteroatoms. The van der Waals surface area contributed by atoms with Crippen molar-refractivity contribution in [3.8, 4) is 5.75 Å². The number of carbonyl (C=O) groups is 1. The minimum Gasteiger partial charge on any atom is -0.484 e. The molecule has 3 rings (SSSR count). The van der Waals surface area contributed by atoms with Crippen LogP contribution in [0.3, 0.4) is 0 Å². The van der Waals surface area contributed by atoms with E-state index in [0.29, 0.717) is 11.4 Å². The maximum Gasteiger partial charge on any atom is 0.262 e. The molecule has 0 saturated heterocycles. The molecule has 0 saturated carbocycles. The second-order valence-corrected chi connectivity index (χ2v) is 10.7. The predicted octanol–water partition coefficient (Wildman–Crippen LogP) is 2.17. The number of carbonyl (C=O) groups excluding carboxylic acids is 1. The van der Waals surface area contributed by atoms with Gasteiger partial charge in [0.2, 0.25) is 20.0 Å². The first-order chi connectivity index (χ1) is 15.6. The monoisotopic (exact) mass is 489 g/mol. The molecule has 1 amide bonds. The third-order valence-electron chi connectivity index (χ3n) is 4.62. The van der Waals surface area contributed by atoms with Gasteiger partial charge in [-0.1, -0.05) is 30.3 Å². The number of nitrogens with one attached hydrogen (secondary N) is 1. The van der Waals surface area contributed by atoms with Crippen LogP contribution in [0, 0.1) is 0 Å². The molecule has 0 fully saturated rings. The Hall–Kier alpha value is -3.25. The Bertz CT molecular complexity index is 1310. The van der Waals surface area contributed by atoms with E-state index in [4.69, 9.17) is 9.88 Å². The zero-order valence-electron chi connectivity index (χ0n) is 17.7. The lowest BCUT2D eigenvalue weighted by molar-refractivity contribution is -0.118. The van der Waals surface area contributed by atoms with Crippen molar-refractivity contribution in [1.82, 2.24) is 4.31 Å². The number of benzene rings is 3. The second kappa shape index (κ2) is 10.1. The Kier molecular flexibility index (Phi) is 7.49. The Balaban J connectivity index is 1.56. The summed E-state index contributed by atoms with van der Waals surface area (Å²) in [5.41, 5.74) is 1.24. The van der Waals surface area contributed by atoms with Crippen LogP contribution in [0.2, 0.25) is 0 Å². The summed E-state index contributed by atoms with van der Waals surface area (Å²) >= 11 is 0. The SMILES string of the molecule is CN(Cc1ccccc1)S(=O)(=O)c1ccc(OCC(=O)Nc2ccc(S(N)(=O)=O)cc2)cc1. The van der Waals surface area contributed by atoms with E-state index in [1.807, 2.05) is 30.3 Å². The first-order valence-corrected chi connectivity index (χ1v) is 12.7. The maximum atomic E-state index is 12.8. The minimum absolute atomic E-state index is 0.0683. The van der Waals surface area contributed by atoms with Gasteiger partial charge in [-0.15, -0.1) is 0 Å². The van der Waals surface area contributed by atoms with Crippen LogP contribution >= 0.6 is 0 Å². The third kappa shape index (κ3) is 6.62. The zero-order chi connectivity index (χ0) is 24.1. The number of anilines is 1. The highest BCUT2D eigenvalue weighted by molar-refractivity contribution is 7.89. The Morgan fingerprint density at radius 1 is 0.879 bits per heavy atom. The second-order valence-electron chi connectivity index (χ2n) is 7.12. The topological polar surface area (TPSA) is 136 Å². The number of amides is 1. The van der Waals surface area contributed by atoms with Crippen LogP contribution in [0.25, 0.3) is 0 Å². The van der Waals surface area contributed by atoms with Gasteiger partial charge in [0.1, 0.15) is 5.75 Å². The molecule has 0 spiro atoms. The molecule has 0 radical (unpaired) electrons. The van der Waals surface area contributed by atoms with E-state index in [2.05, 4.69) is 5.32 Å². The predicted molar refractivity (Wildman–Crippen MR) is 123 cm³/mol. The van der Waals surface area contributed by atoms with Crippen LogP contribution in [0.4, 0.5) is 5.69 Å². The minimum atomic E-state index is -3.81. The molecule has 3 aromatic rings. The van der Waals surface area contributed by atoms with Crippen molar-refractivity contribution < 1.29 is 26.4 Å². The molecule has 3 N–H and O–H groups in total. The molecule has 0 aromatic heterocycles. The largest absolute Gasteiger partial charge is 0.484 e. The van der Waals surface area contributed by atoms with E-state index in [0.717, 1.165) is 5.56 Å². The van der Waals surface area contributed by atoms with E-state index in [-0.39, 0.29) is 22.9 Å². The van der Waals surface area contributed by atoms with Gasteiger partial charge < -0.3 is 10.1 Å². The third-order valence-corrected chi connectivity index (χ3v) is 7.36. The Morgan fingerprint density at radius 2 is 1.45 bits per heavy atom. The fourth-order valence-corrected chi connectivity index (χ4v) is 4.56. The first-order valence-electron chi connectivity index (χ1n) is 9.71. The van der Waals surface area contributed by atoms with Gasteiger partial charge in [-0.05, 0) is 54.1 Å². The summed E-state index contributed by atoms with van der Waals surface area (Å²) < 4.78 is 54.7. The number of sulfonamides is 2. The Labute approximate surface area is 192 Å². The summed E-state index contributed by atoms with van der Waals surface area (Å²) in [7, 11) is -6.00. The fourth-order valence-electron chi connectivity index (χ4n) is 2.89. The zero-order valence-corrected chi connectivity index (χ0v) is 19.3. The summed E-state index contributed by atoms with van der Waals surface area (Å²) in [6.07, 6.45) is 0. The molecule has 0 unspecified atom stereocenters. The standard InChI is InChI=1S/C22H23N3O6S2/c1-25(15-17-5-3-2-4-6-17)33(29,30)21-13-9-19(10-14-21)31-16-22(26)24-18-7-11-20(12-8-18)32(23,27)28/h2-14H,15-16H2,1H3,(H,24,26)(H2,23,27,28). The number of nitrogens with zero attached hydrogens (tertiary/aromatic N) is 1. The van der Waals surface area contributed by atoms with E-state index in [1.165, 1.54) is 59.9 Å². The van der Waals surface area contributed by atoms with Crippen LogP contribution in [-0.2, 0) is 31.4 Å². The van der Waals surface area contributed by atoms with Gasteiger partial charge >= 0.3 is 0 Å². The van der Waals surface area contributed by atoms with Crippen LogP contribution in [-0.4, -0.2) is 40.7 Å². The Morgan fingerprint density at radius 3 is 2.03 bits per heavy atom. The van der Waals surface area contributed by atoms with Crippen molar-refractivity contribution in [3.63, 3.8) is 0 Å². The van der Waals surface area contributed by atoms with E-state index in [9.17, 15) is 21.6 Å². The normalized spacial score (nSPS) is 11.8. The van der Waals surface area contributed by atoms with Gasteiger partial charge in [0.15, 0.2) is 6.61 Å². The highest BCUT2D eigenvalue weighted by Crippen LogP contribution is 2.20. The van der Waals surface area contributed by atoms with Gasteiger partial charge in [0.05, 0.1) is 9.79 Å². The number of ether oxygens (including phenoxy) is 1. The lowest BCUT2D eigenvalue weighted by Crippen LogP contribution is -2.26. The highest BCUT2D eigenvalue weighted by Gasteiger charge is 2.21. The summed E-state index contributed by atoms with van der Waals surface area (Å²) in [4.78, 5) is 12.1. The fraction of sp³-hybridized carbons (Fsp3) is 0.136. The average molecular weight is 490 g/mol. The molecule has 0 atom stereocenters. The van der Waals surface area contributed by atoms with Gasteiger partial charge in [-0.3, -0.25) is 4.79 Å². The van der Waals surface area contributed by atoms with Gasteiger partial charge in [0, 0.05) is 19.3 Å². The molecule has 0 aliphatic rings. The molecule has 0 aliphatic carbocycles. The van der Waals surface area contributed by atoms with Crippen molar-refractivity contribution in [3.05, 3.63) is 84.4 Å². The van der Waals surface area contributed by atoms with E-state index >= 15 is 0 Å². The molecule has 0 aliphatic heterocycles. The molecular weight excluding hydrogens is 466 g/mol. The number of rotatable bonds is 9. The lowest BCUT2D eigenvalue weighted by Gasteiger charge is -2.17. The van der Waals surface area contributed by atoms with Gasteiger partial charge in [-0.25, -0.2) is 22.0 Å². The molecule has 0 heterocycles. The maximum absolute atomic E-state index is 12.8. The number of nitrogens with two attached hydrogens (primary N) is 1.